The number of benzene rings is 1. The smallest absolute Gasteiger partial charge is 0.221 e. The van der Waals surface area contributed by atoms with Crippen molar-refractivity contribution in [2.75, 3.05) is 25.5 Å². The monoisotopic (exact) mass is 348 g/mol. The lowest BCUT2D eigenvalue weighted by Gasteiger charge is -2.18. The lowest BCUT2D eigenvalue weighted by Crippen LogP contribution is -2.43. The lowest BCUT2D eigenvalue weighted by atomic mass is 10.0. The Balaban J connectivity index is 2.32. The van der Waals surface area contributed by atoms with Gasteiger partial charge in [0.2, 0.25) is 5.91 Å². The number of nitrogens with one attached hydrogen (secondary N) is 3. The zero-order valence-corrected chi connectivity index (χ0v) is 16.1. The molecule has 1 amide bonds. The van der Waals surface area contributed by atoms with E-state index in [1.54, 1.807) is 7.05 Å². The Labute approximate surface area is 151 Å². The van der Waals surface area contributed by atoms with Crippen LogP contribution in [0.5, 0.6) is 5.75 Å². The maximum atomic E-state index is 11.1. The highest BCUT2D eigenvalue weighted by Gasteiger charge is 2.06. The Kier molecular flexibility index (Phi) is 9.43. The molecule has 1 atom stereocenters. The van der Waals surface area contributed by atoms with Gasteiger partial charge in [0.25, 0.3) is 0 Å². The highest BCUT2D eigenvalue weighted by atomic mass is 16.5. The van der Waals surface area contributed by atoms with E-state index in [2.05, 4.69) is 41.7 Å². The van der Waals surface area contributed by atoms with E-state index in [0.717, 1.165) is 23.8 Å². The van der Waals surface area contributed by atoms with Crippen LogP contribution in [0.25, 0.3) is 0 Å². The fourth-order valence-corrected chi connectivity index (χ4v) is 2.29. The van der Waals surface area contributed by atoms with E-state index in [0.29, 0.717) is 25.1 Å². The third kappa shape index (κ3) is 9.59. The summed E-state index contributed by atoms with van der Waals surface area (Å²) < 4.78 is 5.71. The number of ether oxygens (including phenoxy) is 1. The number of hydrogen-bond acceptors (Lipinski definition) is 3. The van der Waals surface area contributed by atoms with E-state index in [-0.39, 0.29) is 5.91 Å². The highest BCUT2D eigenvalue weighted by molar-refractivity contribution is 5.88. The fraction of sp³-hybridized carbons (Fsp3) is 0.579. The first-order valence-electron chi connectivity index (χ1n) is 8.88. The number of carbonyl (C=O) groups is 1. The van der Waals surface area contributed by atoms with Crippen LogP contribution in [0.4, 0.5) is 5.69 Å². The molecule has 0 fully saturated rings. The molecule has 0 aliphatic carbocycles. The fourth-order valence-electron chi connectivity index (χ4n) is 2.29. The predicted molar refractivity (Wildman–Crippen MR) is 104 cm³/mol. The topological polar surface area (TPSA) is 74.8 Å². The second-order valence-corrected chi connectivity index (χ2v) is 6.57. The van der Waals surface area contributed by atoms with E-state index in [9.17, 15) is 4.79 Å². The molecule has 1 aromatic carbocycles. The number of aliphatic imine (C=N–C) groups is 1. The van der Waals surface area contributed by atoms with Gasteiger partial charge in [-0.2, -0.15) is 0 Å². The highest BCUT2D eigenvalue weighted by Crippen LogP contribution is 2.17. The second kappa shape index (κ2) is 11.3. The molecule has 1 unspecified atom stereocenters. The maximum absolute atomic E-state index is 11.1. The molecule has 1 rings (SSSR count). The molecule has 0 aliphatic heterocycles. The third-order valence-corrected chi connectivity index (χ3v) is 3.60. The summed E-state index contributed by atoms with van der Waals surface area (Å²) in [6.45, 7) is 9.26. The van der Waals surface area contributed by atoms with E-state index in [1.165, 1.54) is 13.3 Å². The van der Waals surface area contributed by atoms with Crippen molar-refractivity contribution in [3.05, 3.63) is 24.3 Å². The van der Waals surface area contributed by atoms with Crippen molar-refractivity contribution in [3.8, 4) is 5.75 Å². The van der Waals surface area contributed by atoms with Crippen molar-refractivity contribution in [1.82, 2.24) is 10.6 Å². The summed E-state index contributed by atoms with van der Waals surface area (Å²) in [5.41, 5.74) is 0.731. The number of anilines is 1. The molecule has 0 heterocycles. The van der Waals surface area contributed by atoms with Crippen LogP contribution >= 0.6 is 0 Å². The van der Waals surface area contributed by atoms with Crippen molar-refractivity contribution in [3.63, 3.8) is 0 Å². The van der Waals surface area contributed by atoms with Crippen LogP contribution in [0, 0.1) is 5.92 Å². The van der Waals surface area contributed by atoms with Crippen LogP contribution in [-0.2, 0) is 4.79 Å². The van der Waals surface area contributed by atoms with E-state index in [1.807, 2.05) is 24.3 Å². The van der Waals surface area contributed by atoms with Gasteiger partial charge in [-0.3, -0.25) is 9.79 Å². The Morgan fingerprint density at radius 2 is 2.00 bits per heavy atom. The molecule has 0 aliphatic rings. The van der Waals surface area contributed by atoms with Crippen LogP contribution in [-0.4, -0.2) is 38.1 Å². The minimum atomic E-state index is -0.0970. The number of rotatable bonds is 9. The zero-order valence-electron chi connectivity index (χ0n) is 16.1. The minimum Gasteiger partial charge on any atom is -0.492 e. The zero-order chi connectivity index (χ0) is 18.7. The van der Waals surface area contributed by atoms with Gasteiger partial charge in [0.15, 0.2) is 5.96 Å². The second-order valence-electron chi connectivity index (χ2n) is 6.57. The van der Waals surface area contributed by atoms with Crippen molar-refractivity contribution in [2.45, 2.75) is 46.6 Å². The van der Waals surface area contributed by atoms with Gasteiger partial charge in [0, 0.05) is 31.8 Å². The molecular formula is C19H32N4O2. The number of nitrogens with zero attached hydrogens (tertiary/aromatic N) is 1. The summed E-state index contributed by atoms with van der Waals surface area (Å²) in [7, 11) is 1.77. The van der Waals surface area contributed by atoms with Crippen LogP contribution in [0.1, 0.15) is 40.5 Å². The molecule has 3 N–H and O–H groups in total. The van der Waals surface area contributed by atoms with Gasteiger partial charge in [-0.05, 0) is 37.8 Å². The summed E-state index contributed by atoms with van der Waals surface area (Å²) in [5.74, 6) is 2.12. The lowest BCUT2D eigenvalue weighted by molar-refractivity contribution is -0.114. The molecule has 6 nitrogen and oxygen atoms in total. The van der Waals surface area contributed by atoms with Gasteiger partial charge in [-0.15, -0.1) is 0 Å². The SMILES string of the molecule is CN=C(NCCOc1cccc(NC(C)=O)c1)NC(C)CCC(C)C. The molecular weight excluding hydrogens is 316 g/mol. The van der Waals surface area contributed by atoms with Gasteiger partial charge in [-0.1, -0.05) is 19.9 Å². The molecule has 25 heavy (non-hydrogen) atoms. The van der Waals surface area contributed by atoms with Gasteiger partial charge < -0.3 is 20.7 Å². The molecule has 140 valence electrons. The first-order chi connectivity index (χ1) is 11.9. The van der Waals surface area contributed by atoms with Crippen molar-refractivity contribution in [1.29, 1.82) is 0 Å². The van der Waals surface area contributed by atoms with Crippen molar-refractivity contribution < 1.29 is 9.53 Å². The number of hydrogen-bond donors (Lipinski definition) is 3. The summed E-state index contributed by atoms with van der Waals surface area (Å²) in [4.78, 5) is 15.3. The molecule has 0 spiro atoms. The third-order valence-electron chi connectivity index (χ3n) is 3.60. The summed E-state index contributed by atoms with van der Waals surface area (Å²) in [6.07, 6.45) is 2.31. The predicted octanol–water partition coefficient (Wildman–Crippen LogP) is 3.01. The Hall–Kier alpha value is -2.24. The van der Waals surface area contributed by atoms with Crippen LogP contribution < -0.4 is 20.7 Å². The van der Waals surface area contributed by atoms with Gasteiger partial charge in [0.05, 0.1) is 6.54 Å². The van der Waals surface area contributed by atoms with Gasteiger partial charge in [0.1, 0.15) is 12.4 Å². The number of amides is 1. The Morgan fingerprint density at radius 3 is 2.64 bits per heavy atom. The minimum absolute atomic E-state index is 0.0970. The van der Waals surface area contributed by atoms with E-state index in [4.69, 9.17) is 4.74 Å². The van der Waals surface area contributed by atoms with Crippen molar-refractivity contribution >= 4 is 17.6 Å². The average molecular weight is 348 g/mol. The van der Waals surface area contributed by atoms with Crippen LogP contribution in [0.2, 0.25) is 0 Å². The Bertz CT molecular complexity index is 558. The summed E-state index contributed by atoms with van der Waals surface area (Å²) in [5, 5.41) is 9.38. The summed E-state index contributed by atoms with van der Waals surface area (Å²) >= 11 is 0. The van der Waals surface area contributed by atoms with E-state index < -0.39 is 0 Å². The standard InChI is InChI=1S/C19H32N4O2/c1-14(2)9-10-15(3)22-19(20-5)21-11-12-25-18-8-6-7-17(13-18)23-16(4)24/h6-8,13-15H,9-12H2,1-5H3,(H,23,24)(H2,20,21,22). The first-order valence-corrected chi connectivity index (χ1v) is 8.88. The molecule has 1 aromatic rings. The largest absolute Gasteiger partial charge is 0.492 e. The van der Waals surface area contributed by atoms with Crippen LogP contribution in [0.15, 0.2) is 29.3 Å². The normalized spacial score (nSPS) is 12.6. The van der Waals surface area contributed by atoms with Gasteiger partial charge in [-0.25, -0.2) is 0 Å². The molecule has 0 radical (unpaired) electrons. The molecule has 6 heteroatoms. The first kappa shape index (κ1) is 20.8. The number of guanidine groups is 1. The Morgan fingerprint density at radius 1 is 1.24 bits per heavy atom. The quantitative estimate of drug-likeness (QED) is 0.364. The molecule has 0 saturated carbocycles. The molecule has 0 aromatic heterocycles. The van der Waals surface area contributed by atoms with Gasteiger partial charge >= 0.3 is 0 Å². The summed E-state index contributed by atoms with van der Waals surface area (Å²) in [6, 6.07) is 7.74. The maximum Gasteiger partial charge on any atom is 0.221 e. The molecule has 0 bridgehead atoms. The number of carbonyl (C=O) groups excluding carboxylic acids is 1. The van der Waals surface area contributed by atoms with E-state index >= 15 is 0 Å². The average Bonchev–Trinajstić information content (AvgIpc) is 2.55. The van der Waals surface area contributed by atoms with Crippen LogP contribution in [0.3, 0.4) is 0 Å². The van der Waals surface area contributed by atoms with Crippen molar-refractivity contribution in [2.24, 2.45) is 10.9 Å². The molecule has 0 saturated heterocycles.